The lowest BCUT2D eigenvalue weighted by atomic mass is 10.0. The van der Waals surface area contributed by atoms with E-state index in [2.05, 4.69) is 0 Å². The monoisotopic (exact) mass is 272 g/mol. The lowest BCUT2D eigenvalue weighted by Gasteiger charge is -2.15. The molecule has 0 aliphatic heterocycles. The third-order valence-corrected chi connectivity index (χ3v) is 3.24. The quantitative estimate of drug-likeness (QED) is 0.767. The van der Waals surface area contributed by atoms with Crippen molar-refractivity contribution in [1.29, 1.82) is 0 Å². The zero-order chi connectivity index (χ0) is 13.3. The fourth-order valence-corrected chi connectivity index (χ4v) is 2.25. The molecule has 4 nitrogen and oxygen atoms in total. The zero-order valence-corrected chi connectivity index (χ0v) is 10.6. The van der Waals surface area contributed by atoms with E-state index in [1.807, 2.05) is 0 Å². The summed E-state index contributed by atoms with van der Waals surface area (Å²) in [6.45, 7) is 0. The highest BCUT2D eigenvalue weighted by molar-refractivity contribution is 7.86. The SMILES string of the molecule is CS(=O)(=O)OC(C(=O)C1CC1)c1ccccc1F. The van der Waals surface area contributed by atoms with Crippen LogP contribution in [-0.4, -0.2) is 20.5 Å². The molecule has 1 atom stereocenters. The van der Waals surface area contributed by atoms with Crippen molar-refractivity contribution in [2.75, 3.05) is 6.26 Å². The Morgan fingerprint density at radius 1 is 1.39 bits per heavy atom. The molecule has 1 aromatic carbocycles. The number of halogens is 1. The van der Waals surface area contributed by atoms with Gasteiger partial charge in [0.2, 0.25) is 0 Å². The Morgan fingerprint density at radius 3 is 2.50 bits per heavy atom. The normalized spacial score (nSPS) is 17.4. The van der Waals surface area contributed by atoms with Crippen LogP contribution in [0.25, 0.3) is 0 Å². The van der Waals surface area contributed by atoms with Crippen molar-refractivity contribution >= 4 is 15.9 Å². The van der Waals surface area contributed by atoms with Crippen molar-refractivity contribution in [2.24, 2.45) is 5.92 Å². The molecule has 1 saturated carbocycles. The van der Waals surface area contributed by atoms with Crippen LogP contribution >= 0.6 is 0 Å². The van der Waals surface area contributed by atoms with Gasteiger partial charge in [0.25, 0.3) is 10.1 Å². The first-order valence-corrected chi connectivity index (χ1v) is 7.36. The second kappa shape index (κ2) is 4.78. The molecule has 0 saturated heterocycles. The van der Waals surface area contributed by atoms with E-state index in [1.165, 1.54) is 24.3 Å². The highest BCUT2D eigenvalue weighted by atomic mass is 32.2. The van der Waals surface area contributed by atoms with Gasteiger partial charge in [0.1, 0.15) is 5.82 Å². The van der Waals surface area contributed by atoms with Gasteiger partial charge in [-0.2, -0.15) is 8.42 Å². The molecule has 6 heteroatoms. The van der Waals surface area contributed by atoms with Gasteiger partial charge < -0.3 is 0 Å². The lowest BCUT2D eigenvalue weighted by Crippen LogP contribution is -2.21. The lowest BCUT2D eigenvalue weighted by molar-refractivity contribution is -0.127. The molecule has 0 heterocycles. The summed E-state index contributed by atoms with van der Waals surface area (Å²) in [5.74, 6) is -1.22. The van der Waals surface area contributed by atoms with Crippen molar-refractivity contribution < 1.29 is 21.8 Å². The highest BCUT2D eigenvalue weighted by Gasteiger charge is 2.38. The van der Waals surface area contributed by atoms with Gasteiger partial charge in [-0.1, -0.05) is 18.2 Å². The van der Waals surface area contributed by atoms with E-state index in [9.17, 15) is 17.6 Å². The summed E-state index contributed by atoms with van der Waals surface area (Å²) in [4.78, 5) is 12.0. The van der Waals surface area contributed by atoms with Crippen LogP contribution in [0, 0.1) is 11.7 Å². The molecule has 1 aliphatic rings. The second-order valence-electron chi connectivity index (χ2n) is 4.38. The van der Waals surface area contributed by atoms with Gasteiger partial charge in [-0.25, -0.2) is 4.39 Å². The van der Waals surface area contributed by atoms with Crippen molar-refractivity contribution in [1.82, 2.24) is 0 Å². The van der Waals surface area contributed by atoms with E-state index in [1.54, 1.807) is 0 Å². The maximum Gasteiger partial charge on any atom is 0.265 e. The first kappa shape index (κ1) is 13.2. The maximum atomic E-state index is 13.6. The minimum Gasteiger partial charge on any atom is -0.296 e. The van der Waals surface area contributed by atoms with Gasteiger partial charge in [-0.15, -0.1) is 0 Å². The van der Waals surface area contributed by atoms with Crippen molar-refractivity contribution in [3.63, 3.8) is 0 Å². The van der Waals surface area contributed by atoms with Crippen LogP contribution in [0.4, 0.5) is 4.39 Å². The average molecular weight is 272 g/mol. The number of rotatable bonds is 5. The predicted octanol–water partition coefficient (Wildman–Crippen LogP) is 1.82. The largest absolute Gasteiger partial charge is 0.296 e. The first-order chi connectivity index (χ1) is 8.38. The van der Waals surface area contributed by atoms with E-state index in [0.717, 1.165) is 6.26 Å². The molecule has 1 aliphatic carbocycles. The van der Waals surface area contributed by atoms with Crippen LogP contribution in [0.15, 0.2) is 24.3 Å². The molecule has 1 unspecified atom stereocenters. The average Bonchev–Trinajstić information content (AvgIpc) is 3.08. The van der Waals surface area contributed by atoms with Crippen molar-refractivity contribution in [3.05, 3.63) is 35.6 Å². The van der Waals surface area contributed by atoms with Crippen LogP contribution in [0.3, 0.4) is 0 Å². The topological polar surface area (TPSA) is 60.4 Å². The molecule has 0 N–H and O–H groups in total. The summed E-state index contributed by atoms with van der Waals surface area (Å²) >= 11 is 0. The van der Waals surface area contributed by atoms with Gasteiger partial charge in [0.05, 0.1) is 6.26 Å². The van der Waals surface area contributed by atoms with Crippen LogP contribution in [0.1, 0.15) is 24.5 Å². The fourth-order valence-electron chi connectivity index (χ4n) is 1.70. The highest BCUT2D eigenvalue weighted by Crippen LogP contribution is 2.37. The van der Waals surface area contributed by atoms with E-state index in [4.69, 9.17) is 4.18 Å². The molecule has 0 amide bonds. The molecule has 18 heavy (non-hydrogen) atoms. The standard InChI is InChI=1S/C12H13FO4S/c1-18(15,16)17-12(11(14)8-6-7-8)9-4-2-3-5-10(9)13/h2-5,8,12H,6-7H2,1H3. The summed E-state index contributed by atoms with van der Waals surface area (Å²) in [7, 11) is -3.83. The Kier molecular flexibility index (Phi) is 3.49. The van der Waals surface area contributed by atoms with Crippen molar-refractivity contribution in [2.45, 2.75) is 18.9 Å². The summed E-state index contributed by atoms with van der Waals surface area (Å²) in [6, 6.07) is 5.55. The Morgan fingerprint density at radius 2 is 2.00 bits per heavy atom. The number of hydrogen-bond acceptors (Lipinski definition) is 4. The maximum absolute atomic E-state index is 13.6. The van der Waals surface area contributed by atoms with Crippen molar-refractivity contribution in [3.8, 4) is 0 Å². The number of hydrogen-bond donors (Lipinski definition) is 0. The van der Waals surface area contributed by atoms with Gasteiger partial charge in [-0.05, 0) is 18.9 Å². The molecule has 0 aromatic heterocycles. The molecular formula is C12H13FO4S. The Balaban J connectivity index is 2.35. The Labute approximate surface area is 105 Å². The van der Waals surface area contributed by atoms with Crippen LogP contribution in [0.5, 0.6) is 0 Å². The van der Waals surface area contributed by atoms with E-state index in [-0.39, 0.29) is 17.3 Å². The molecule has 0 bridgehead atoms. The molecular weight excluding hydrogens is 259 g/mol. The second-order valence-corrected chi connectivity index (χ2v) is 5.98. The third kappa shape index (κ3) is 3.14. The third-order valence-electron chi connectivity index (χ3n) is 2.70. The van der Waals surface area contributed by atoms with Gasteiger partial charge >= 0.3 is 0 Å². The minimum absolute atomic E-state index is 0.0279. The first-order valence-electron chi connectivity index (χ1n) is 5.55. The summed E-state index contributed by atoms with van der Waals surface area (Å²) in [5.41, 5.74) is -0.0279. The summed E-state index contributed by atoms with van der Waals surface area (Å²) in [5, 5.41) is 0. The number of benzene rings is 1. The Hall–Kier alpha value is -1.27. The molecule has 1 aromatic rings. The van der Waals surface area contributed by atoms with E-state index < -0.39 is 22.0 Å². The van der Waals surface area contributed by atoms with Gasteiger partial charge in [0, 0.05) is 11.5 Å². The molecule has 1 fully saturated rings. The zero-order valence-electron chi connectivity index (χ0n) is 9.80. The molecule has 0 spiro atoms. The number of ketones is 1. The van der Waals surface area contributed by atoms with E-state index >= 15 is 0 Å². The smallest absolute Gasteiger partial charge is 0.265 e. The molecule has 0 radical (unpaired) electrons. The predicted molar refractivity (Wildman–Crippen MR) is 62.8 cm³/mol. The summed E-state index contributed by atoms with van der Waals surface area (Å²) in [6.07, 6.45) is 0.892. The summed E-state index contributed by atoms with van der Waals surface area (Å²) < 4.78 is 40.7. The number of carbonyl (C=O) groups is 1. The van der Waals surface area contributed by atoms with Gasteiger partial charge in [-0.3, -0.25) is 8.98 Å². The Bertz CT molecular complexity index is 563. The minimum atomic E-state index is -3.83. The van der Waals surface area contributed by atoms with Gasteiger partial charge in [0.15, 0.2) is 11.9 Å². The number of carbonyl (C=O) groups excluding carboxylic acids is 1. The van der Waals surface area contributed by atoms with E-state index in [0.29, 0.717) is 12.8 Å². The van der Waals surface area contributed by atoms with Crippen LogP contribution in [-0.2, 0) is 19.1 Å². The molecule has 98 valence electrons. The molecule has 2 rings (SSSR count). The van der Waals surface area contributed by atoms with Crippen LogP contribution < -0.4 is 0 Å². The van der Waals surface area contributed by atoms with Crippen LogP contribution in [0.2, 0.25) is 0 Å². The number of Topliss-reactive ketones (excluding diaryl/α,β-unsaturated/α-hetero) is 1. The fraction of sp³-hybridized carbons (Fsp3) is 0.417.